The Labute approximate surface area is 112 Å². The minimum absolute atomic E-state index is 0.0796. The van der Waals surface area contributed by atoms with Crippen molar-refractivity contribution >= 4 is 11.9 Å². The molecule has 2 N–H and O–H groups in total. The van der Waals surface area contributed by atoms with Crippen LogP contribution in [0.15, 0.2) is 4.52 Å². The summed E-state index contributed by atoms with van der Waals surface area (Å²) in [5.74, 6) is -0.758. The number of aromatic nitrogens is 1. The summed E-state index contributed by atoms with van der Waals surface area (Å²) in [5.41, 5.74) is 0.168. The van der Waals surface area contributed by atoms with Crippen molar-refractivity contribution in [3.05, 3.63) is 17.0 Å². The first-order valence-electron chi connectivity index (χ1n) is 6.32. The number of aliphatic carboxylic acids is 1. The Kier molecular flexibility index (Phi) is 4.69. The molecular formula is C13H20N2O4. The molecule has 0 spiro atoms. The van der Waals surface area contributed by atoms with Crippen LogP contribution in [0.3, 0.4) is 0 Å². The predicted octanol–water partition coefficient (Wildman–Crippen LogP) is 1.59. The lowest BCUT2D eigenvalue weighted by Gasteiger charge is -2.28. The van der Waals surface area contributed by atoms with Gasteiger partial charge in [0.05, 0.1) is 12.1 Å². The van der Waals surface area contributed by atoms with Crippen molar-refractivity contribution in [2.45, 2.75) is 52.5 Å². The molecule has 1 aromatic rings. The number of aryl methyl sites for hydroxylation is 2. The molecule has 19 heavy (non-hydrogen) atoms. The molecule has 0 atom stereocenters. The van der Waals surface area contributed by atoms with E-state index in [2.05, 4.69) is 10.5 Å². The van der Waals surface area contributed by atoms with Gasteiger partial charge in [-0.2, -0.15) is 0 Å². The zero-order valence-corrected chi connectivity index (χ0v) is 11.7. The first kappa shape index (κ1) is 15.2. The second-order valence-corrected chi connectivity index (χ2v) is 4.62. The quantitative estimate of drug-likeness (QED) is 0.817. The average Bonchev–Trinajstić information content (AvgIpc) is 2.67. The van der Waals surface area contributed by atoms with E-state index in [9.17, 15) is 14.7 Å². The van der Waals surface area contributed by atoms with Crippen LogP contribution in [-0.4, -0.2) is 27.7 Å². The van der Waals surface area contributed by atoms with Crippen LogP contribution in [-0.2, 0) is 16.0 Å². The Morgan fingerprint density at radius 3 is 2.26 bits per heavy atom. The minimum Gasteiger partial charge on any atom is -0.480 e. The van der Waals surface area contributed by atoms with Gasteiger partial charge < -0.3 is 14.9 Å². The molecule has 0 bridgehead atoms. The summed E-state index contributed by atoms with van der Waals surface area (Å²) < 4.78 is 4.98. The zero-order valence-electron chi connectivity index (χ0n) is 11.7. The van der Waals surface area contributed by atoms with Gasteiger partial charge in [-0.3, -0.25) is 4.79 Å². The molecule has 0 aliphatic carbocycles. The summed E-state index contributed by atoms with van der Waals surface area (Å²) in [5, 5.41) is 15.6. The largest absolute Gasteiger partial charge is 0.480 e. The van der Waals surface area contributed by atoms with Gasteiger partial charge in [0.1, 0.15) is 11.3 Å². The SMILES string of the molecule is CCC(CC)(NC(=O)Cc1c(C)noc1C)C(=O)O. The van der Waals surface area contributed by atoms with Crippen LogP contribution in [0.2, 0.25) is 0 Å². The summed E-state index contributed by atoms with van der Waals surface area (Å²) in [7, 11) is 0. The molecule has 106 valence electrons. The van der Waals surface area contributed by atoms with Gasteiger partial charge in [0, 0.05) is 5.56 Å². The van der Waals surface area contributed by atoms with Crippen molar-refractivity contribution in [2.75, 3.05) is 0 Å². The number of rotatable bonds is 6. The number of carboxylic acids is 1. The maximum atomic E-state index is 12.0. The fourth-order valence-corrected chi connectivity index (χ4v) is 2.01. The van der Waals surface area contributed by atoms with E-state index >= 15 is 0 Å². The summed E-state index contributed by atoms with van der Waals surface area (Å²) in [4.78, 5) is 23.3. The highest BCUT2D eigenvalue weighted by molar-refractivity contribution is 5.88. The Morgan fingerprint density at radius 2 is 1.89 bits per heavy atom. The number of carbonyl (C=O) groups excluding carboxylic acids is 1. The molecule has 6 nitrogen and oxygen atoms in total. The van der Waals surface area contributed by atoms with E-state index in [0.717, 1.165) is 0 Å². The lowest BCUT2D eigenvalue weighted by Crippen LogP contribution is -2.54. The summed E-state index contributed by atoms with van der Waals surface area (Å²) in [6.07, 6.45) is 0.758. The molecule has 0 radical (unpaired) electrons. The third kappa shape index (κ3) is 3.13. The second-order valence-electron chi connectivity index (χ2n) is 4.62. The number of nitrogens with zero attached hydrogens (tertiary/aromatic N) is 1. The summed E-state index contributed by atoms with van der Waals surface area (Å²) in [6, 6.07) is 0. The topological polar surface area (TPSA) is 92.4 Å². The molecule has 0 saturated heterocycles. The molecular weight excluding hydrogens is 248 g/mol. The molecule has 0 fully saturated rings. The van der Waals surface area contributed by atoms with E-state index in [-0.39, 0.29) is 12.3 Å². The van der Waals surface area contributed by atoms with Gasteiger partial charge in [-0.25, -0.2) is 4.79 Å². The summed E-state index contributed by atoms with van der Waals surface area (Å²) in [6.45, 7) is 6.97. The van der Waals surface area contributed by atoms with E-state index in [1.165, 1.54) is 0 Å². The van der Waals surface area contributed by atoms with E-state index in [1.54, 1.807) is 27.7 Å². The standard InChI is InChI=1S/C13H20N2O4/c1-5-13(6-2,12(17)18)14-11(16)7-10-8(3)15-19-9(10)4/h5-7H2,1-4H3,(H,14,16)(H,17,18). The Bertz CT molecular complexity index is 455. The fraction of sp³-hybridized carbons (Fsp3) is 0.615. The molecule has 0 unspecified atom stereocenters. The van der Waals surface area contributed by atoms with Gasteiger partial charge in [-0.05, 0) is 26.7 Å². The van der Waals surface area contributed by atoms with Crippen LogP contribution in [0.25, 0.3) is 0 Å². The molecule has 1 heterocycles. The van der Waals surface area contributed by atoms with Gasteiger partial charge in [0.2, 0.25) is 5.91 Å². The first-order valence-corrected chi connectivity index (χ1v) is 6.32. The lowest BCUT2D eigenvalue weighted by atomic mass is 9.92. The third-order valence-electron chi connectivity index (χ3n) is 3.51. The van der Waals surface area contributed by atoms with Crippen LogP contribution >= 0.6 is 0 Å². The molecule has 6 heteroatoms. The maximum absolute atomic E-state index is 12.0. The monoisotopic (exact) mass is 268 g/mol. The lowest BCUT2D eigenvalue weighted by molar-refractivity contribution is -0.148. The molecule has 0 saturated carbocycles. The highest BCUT2D eigenvalue weighted by atomic mass is 16.5. The highest BCUT2D eigenvalue weighted by Crippen LogP contribution is 2.17. The number of carboxylic acid groups (broad SMARTS) is 1. The Balaban J connectivity index is 2.82. The van der Waals surface area contributed by atoms with Gasteiger partial charge >= 0.3 is 5.97 Å². The molecule has 0 aliphatic heterocycles. The number of hydrogen-bond acceptors (Lipinski definition) is 4. The Hall–Kier alpha value is -1.85. The van der Waals surface area contributed by atoms with Crippen LogP contribution in [0.1, 0.15) is 43.7 Å². The molecule has 1 rings (SSSR count). The van der Waals surface area contributed by atoms with Crippen LogP contribution in [0.5, 0.6) is 0 Å². The van der Waals surface area contributed by atoms with Crippen molar-refractivity contribution in [2.24, 2.45) is 0 Å². The van der Waals surface area contributed by atoms with Crippen molar-refractivity contribution in [1.29, 1.82) is 0 Å². The van der Waals surface area contributed by atoms with E-state index in [1.807, 2.05) is 0 Å². The molecule has 0 aliphatic rings. The predicted molar refractivity (Wildman–Crippen MR) is 68.8 cm³/mol. The van der Waals surface area contributed by atoms with Crippen LogP contribution < -0.4 is 5.32 Å². The van der Waals surface area contributed by atoms with Crippen molar-refractivity contribution < 1.29 is 19.2 Å². The van der Waals surface area contributed by atoms with E-state index in [0.29, 0.717) is 29.9 Å². The number of amides is 1. The Morgan fingerprint density at radius 1 is 1.32 bits per heavy atom. The number of hydrogen-bond donors (Lipinski definition) is 2. The van der Waals surface area contributed by atoms with Gasteiger partial charge in [-0.1, -0.05) is 19.0 Å². The van der Waals surface area contributed by atoms with Crippen molar-refractivity contribution in [3.8, 4) is 0 Å². The minimum atomic E-state index is -1.20. The highest BCUT2D eigenvalue weighted by Gasteiger charge is 2.36. The molecule has 0 aromatic carbocycles. The maximum Gasteiger partial charge on any atom is 0.329 e. The van der Waals surface area contributed by atoms with Gasteiger partial charge in [-0.15, -0.1) is 0 Å². The van der Waals surface area contributed by atoms with Crippen molar-refractivity contribution in [1.82, 2.24) is 10.5 Å². The normalized spacial score (nSPS) is 11.4. The van der Waals surface area contributed by atoms with Gasteiger partial charge in [0.15, 0.2) is 0 Å². The fourth-order valence-electron chi connectivity index (χ4n) is 2.01. The smallest absolute Gasteiger partial charge is 0.329 e. The van der Waals surface area contributed by atoms with Crippen LogP contribution in [0, 0.1) is 13.8 Å². The molecule has 1 aromatic heterocycles. The van der Waals surface area contributed by atoms with Crippen molar-refractivity contribution in [3.63, 3.8) is 0 Å². The zero-order chi connectivity index (χ0) is 14.6. The van der Waals surface area contributed by atoms with Crippen LogP contribution in [0.4, 0.5) is 0 Å². The number of nitrogens with one attached hydrogen (secondary N) is 1. The average molecular weight is 268 g/mol. The van der Waals surface area contributed by atoms with E-state index < -0.39 is 11.5 Å². The molecule has 1 amide bonds. The van der Waals surface area contributed by atoms with E-state index in [4.69, 9.17) is 4.52 Å². The third-order valence-corrected chi connectivity index (χ3v) is 3.51. The summed E-state index contributed by atoms with van der Waals surface area (Å²) >= 11 is 0. The number of carbonyl (C=O) groups is 2. The van der Waals surface area contributed by atoms with Gasteiger partial charge in [0.25, 0.3) is 0 Å². The second kappa shape index (κ2) is 5.86. The first-order chi connectivity index (χ1) is 8.86.